The molecule has 0 fully saturated rings. The van der Waals surface area contributed by atoms with Crippen molar-refractivity contribution < 1.29 is 9.59 Å². The van der Waals surface area contributed by atoms with E-state index in [4.69, 9.17) is 0 Å². The number of rotatable bonds is 5. The maximum atomic E-state index is 11.7. The highest BCUT2D eigenvalue weighted by molar-refractivity contribution is 5.94. The van der Waals surface area contributed by atoms with Crippen LogP contribution < -0.4 is 5.32 Å². The molecule has 0 saturated heterocycles. The zero-order chi connectivity index (χ0) is 12.0. The minimum atomic E-state index is -0.0854. The van der Waals surface area contributed by atoms with E-state index in [1.807, 2.05) is 26.0 Å². The second-order valence-electron chi connectivity index (χ2n) is 4.08. The molecule has 0 aliphatic carbocycles. The topological polar surface area (TPSA) is 46.2 Å². The number of aryl methyl sites for hydroxylation is 1. The molecule has 0 bridgehead atoms. The molecule has 1 aromatic rings. The first-order valence-corrected chi connectivity index (χ1v) is 5.42. The lowest BCUT2D eigenvalue weighted by Crippen LogP contribution is -2.28. The quantitative estimate of drug-likeness (QED) is 0.769. The molecule has 1 aromatic carbocycles. The zero-order valence-electron chi connectivity index (χ0n) is 9.69. The number of hydrogen-bond acceptors (Lipinski definition) is 2. The fourth-order valence-electron chi connectivity index (χ4n) is 1.32. The van der Waals surface area contributed by atoms with E-state index < -0.39 is 0 Å². The summed E-state index contributed by atoms with van der Waals surface area (Å²) in [5.41, 5.74) is 1.79. The second-order valence-corrected chi connectivity index (χ2v) is 4.08. The zero-order valence-corrected chi connectivity index (χ0v) is 9.69. The van der Waals surface area contributed by atoms with Crippen molar-refractivity contribution in [1.82, 2.24) is 5.32 Å². The molecule has 1 N–H and O–H groups in total. The molecule has 1 amide bonds. The molecular weight excluding hydrogens is 202 g/mol. The van der Waals surface area contributed by atoms with Crippen LogP contribution in [-0.4, -0.2) is 18.7 Å². The first-order valence-electron chi connectivity index (χ1n) is 5.42. The molecule has 0 heterocycles. The molecule has 0 aliphatic rings. The minimum absolute atomic E-state index is 0.0854. The van der Waals surface area contributed by atoms with Gasteiger partial charge in [0.05, 0.1) is 0 Å². The summed E-state index contributed by atoms with van der Waals surface area (Å²) < 4.78 is 0. The molecular formula is C13H17NO2. The Labute approximate surface area is 95.9 Å². The molecule has 0 radical (unpaired) electrons. The summed E-state index contributed by atoms with van der Waals surface area (Å²) in [6.07, 6.45) is 1.36. The van der Waals surface area contributed by atoms with Crippen molar-refractivity contribution in [2.75, 3.05) is 6.54 Å². The molecule has 1 rings (SSSR count). The maximum Gasteiger partial charge on any atom is 0.251 e. The standard InChI is InChI=1S/C13H17NO2/c1-10-3-5-12(6-4-10)13(16)14-9-11(2)7-8-15/h3-6,8,11H,7,9H2,1-2H3,(H,14,16). The van der Waals surface area contributed by atoms with Crippen LogP contribution in [0.5, 0.6) is 0 Å². The van der Waals surface area contributed by atoms with Gasteiger partial charge in [0.25, 0.3) is 5.91 Å². The number of nitrogens with one attached hydrogen (secondary N) is 1. The van der Waals surface area contributed by atoms with Crippen LogP contribution in [0.1, 0.15) is 29.3 Å². The van der Waals surface area contributed by atoms with Crippen LogP contribution >= 0.6 is 0 Å². The van der Waals surface area contributed by atoms with Gasteiger partial charge in [-0.3, -0.25) is 4.79 Å². The fraction of sp³-hybridized carbons (Fsp3) is 0.385. The molecule has 3 heteroatoms. The van der Waals surface area contributed by atoms with Crippen molar-refractivity contribution in [2.24, 2.45) is 5.92 Å². The Balaban J connectivity index is 2.46. The third kappa shape index (κ3) is 3.85. The summed E-state index contributed by atoms with van der Waals surface area (Å²) in [5, 5.41) is 2.81. The molecule has 86 valence electrons. The van der Waals surface area contributed by atoms with Gasteiger partial charge in [0.1, 0.15) is 6.29 Å². The van der Waals surface area contributed by atoms with E-state index in [9.17, 15) is 9.59 Å². The summed E-state index contributed by atoms with van der Waals surface area (Å²) >= 11 is 0. The van der Waals surface area contributed by atoms with Crippen LogP contribution in [0.15, 0.2) is 24.3 Å². The number of amides is 1. The van der Waals surface area contributed by atoms with E-state index >= 15 is 0 Å². The van der Waals surface area contributed by atoms with Crippen LogP contribution in [0.2, 0.25) is 0 Å². The third-order valence-electron chi connectivity index (χ3n) is 2.42. The smallest absolute Gasteiger partial charge is 0.251 e. The number of aldehydes is 1. The Morgan fingerprint density at radius 1 is 1.38 bits per heavy atom. The first-order chi connectivity index (χ1) is 7.63. The van der Waals surface area contributed by atoms with Crippen molar-refractivity contribution in [3.05, 3.63) is 35.4 Å². The van der Waals surface area contributed by atoms with Gasteiger partial charge in [-0.05, 0) is 25.0 Å². The highest BCUT2D eigenvalue weighted by atomic mass is 16.1. The van der Waals surface area contributed by atoms with Crippen molar-refractivity contribution in [3.63, 3.8) is 0 Å². The van der Waals surface area contributed by atoms with Crippen LogP contribution in [-0.2, 0) is 4.79 Å². The first kappa shape index (κ1) is 12.4. The molecule has 1 atom stereocenters. The van der Waals surface area contributed by atoms with Gasteiger partial charge in [-0.1, -0.05) is 24.6 Å². The Bertz CT molecular complexity index is 357. The number of benzene rings is 1. The van der Waals surface area contributed by atoms with Crippen LogP contribution in [0, 0.1) is 12.8 Å². The highest BCUT2D eigenvalue weighted by Crippen LogP contribution is 2.03. The van der Waals surface area contributed by atoms with E-state index in [0.29, 0.717) is 18.5 Å². The van der Waals surface area contributed by atoms with E-state index in [1.54, 1.807) is 12.1 Å². The van der Waals surface area contributed by atoms with Gasteiger partial charge < -0.3 is 10.1 Å². The van der Waals surface area contributed by atoms with Crippen LogP contribution in [0.25, 0.3) is 0 Å². The molecule has 0 spiro atoms. The van der Waals surface area contributed by atoms with Crippen molar-refractivity contribution in [3.8, 4) is 0 Å². The van der Waals surface area contributed by atoms with Gasteiger partial charge >= 0.3 is 0 Å². The second kappa shape index (κ2) is 6.05. The van der Waals surface area contributed by atoms with Gasteiger partial charge in [0.15, 0.2) is 0 Å². The largest absolute Gasteiger partial charge is 0.352 e. The fourth-order valence-corrected chi connectivity index (χ4v) is 1.32. The Kier molecular flexibility index (Phi) is 4.70. The molecule has 3 nitrogen and oxygen atoms in total. The summed E-state index contributed by atoms with van der Waals surface area (Å²) in [6.45, 7) is 4.45. The molecule has 1 unspecified atom stereocenters. The molecule has 0 aliphatic heterocycles. The number of carbonyl (C=O) groups is 2. The van der Waals surface area contributed by atoms with Gasteiger partial charge in [0.2, 0.25) is 0 Å². The third-order valence-corrected chi connectivity index (χ3v) is 2.42. The van der Waals surface area contributed by atoms with Crippen molar-refractivity contribution in [2.45, 2.75) is 20.3 Å². The molecule has 0 saturated carbocycles. The monoisotopic (exact) mass is 219 g/mol. The lowest BCUT2D eigenvalue weighted by molar-refractivity contribution is -0.108. The normalized spacial score (nSPS) is 11.9. The van der Waals surface area contributed by atoms with Crippen molar-refractivity contribution in [1.29, 1.82) is 0 Å². The van der Waals surface area contributed by atoms with Crippen LogP contribution in [0.4, 0.5) is 0 Å². The van der Waals surface area contributed by atoms with Crippen molar-refractivity contribution >= 4 is 12.2 Å². The van der Waals surface area contributed by atoms with Gasteiger partial charge in [0, 0.05) is 18.5 Å². The van der Waals surface area contributed by atoms with E-state index in [-0.39, 0.29) is 11.8 Å². The summed E-state index contributed by atoms with van der Waals surface area (Å²) in [5.74, 6) is 0.102. The van der Waals surface area contributed by atoms with E-state index in [1.165, 1.54) is 0 Å². The van der Waals surface area contributed by atoms with E-state index in [2.05, 4.69) is 5.32 Å². The average molecular weight is 219 g/mol. The minimum Gasteiger partial charge on any atom is -0.352 e. The molecule has 0 aromatic heterocycles. The average Bonchev–Trinajstić information content (AvgIpc) is 2.27. The Morgan fingerprint density at radius 2 is 2.00 bits per heavy atom. The molecule has 16 heavy (non-hydrogen) atoms. The predicted molar refractivity (Wildman–Crippen MR) is 63.4 cm³/mol. The number of carbonyl (C=O) groups excluding carboxylic acids is 2. The Morgan fingerprint density at radius 3 is 2.56 bits per heavy atom. The van der Waals surface area contributed by atoms with E-state index in [0.717, 1.165) is 11.8 Å². The summed E-state index contributed by atoms with van der Waals surface area (Å²) in [4.78, 5) is 21.9. The van der Waals surface area contributed by atoms with Crippen LogP contribution in [0.3, 0.4) is 0 Å². The SMILES string of the molecule is Cc1ccc(C(=O)NCC(C)CC=O)cc1. The maximum absolute atomic E-state index is 11.7. The van der Waals surface area contributed by atoms with Gasteiger partial charge in [-0.2, -0.15) is 0 Å². The summed E-state index contributed by atoms with van der Waals surface area (Å²) in [7, 11) is 0. The lowest BCUT2D eigenvalue weighted by atomic mass is 10.1. The van der Waals surface area contributed by atoms with Gasteiger partial charge in [-0.15, -0.1) is 0 Å². The lowest BCUT2D eigenvalue weighted by Gasteiger charge is -2.09. The summed E-state index contributed by atoms with van der Waals surface area (Å²) in [6, 6.07) is 7.41. The highest BCUT2D eigenvalue weighted by Gasteiger charge is 2.06. The Hall–Kier alpha value is -1.64. The predicted octanol–water partition coefficient (Wildman–Crippen LogP) is 1.95. The number of hydrogen-bond donors (Lipinski definition) is 1. The van der Waals surface area contributed by atoms with Gasteiger partial charge in [-0.25, -0.2) is 0 Å².